The summed E-state index contributed by atoms with van der Waals surface area (Å²) in [7, 11) is -1.48. The smallest absolute Gasteiger partial charge is 0.417 e. The molecule has 0 bridgehead atoms. The highest BCUT2D eigenvalue weighted by molar-refractivity contribution is 7.42. The van der Waals surface area contributed by atoms with E-state index in [0.717, 1.165) is 29.0 Å². The molecule has 1 heterocycles. The first kappa shape index (κ1) is 17.3. The van der Waals surface area contributed by atoms with Crippen LogP contribution in [0.3, 0.4) is 0 Å². The summed E-state index contributed by atoms with van der Waals surface area (Å²) in [6, 6.07) is 8.70. The molecule has 0 unspecified atom stereocenters. The number of hydrogen-bond acceptors (Lipinski definition) is 3. The molecule has 3 nitrogen and oxygen atoms in total. The zero-order valence-electron chi connectivity index (χ0n) is 15.3. The van der Waals surface area contributed by atoms with Crippen molar-refractivity contribution in [3.8, 4) is 11.5 Å². The lowest BCUT2D eigenvalue weighted by Gasteiger charge is -2.27. The van der Waals surface area contributed by atoms with Gasteiger partial charge in [-0.15, -0.1) is 0 Å². The third kappa shape index (κ3) is 3.58. The normalized spacial score (nSPS) is 14.3. The minimum atomic E-state index is -1.48. The average Bonchev–Trinajstić information content (AvgIpc) is 2.43. The molecule has 128 valence electrons. The molecule has 0 fully saturated rings. The van der Waals surface area contributed by atoms with Crippen LogP contribution in [0.15, 0.2) is 24.3 Å². The average molecular weight is 344 g/mol. The van der Waals surface area contributed by atoms with Crippen LogP contribution in [0.5, 0.6) is 11.5 Å². The van der Waals surface area contributed by atoms with Gasteiger partial charge in [-0.3, -0.25) is 4.52 Å². The highest BCUT2D eigenvalue weighted by atomic mass is 31.2. The van der Waals surface area contributed by atoms with Gasteiger partial charge in [-0.2, -0.15) is 0 Å². The second-order valence-corrected chi connectivity index (χ2v) is 7.90. The molecule has 0 atom stereocenters. The van der Waals surface area contributed by atoms with Crippen molar-refractivity contribution in [2.45, 2.75) is 54.1 Å². The summed E-state index contributed by atoms with van der Waals surface area (Å²) in [6.45, 7) is 12.4. The predicted molar refractivity (Wildman–Crippen MR) is 99.0 cm³/mol. The first-order valence-electron chi connectivity index (χ1n) is 8.36. The van der Waals surface area contributed by atoms with Crippen molar-refractivity contribution in [3.63, 3.8) is 0 Å². The molecule has 0 aliphatic carbocycles. The highest BCUT2D eigenvalue weighted by Crippen LogP contribution is 2.49. The molecule has 0 amide bonds. The predicted octanol–water partition coefficient (Wildman–Crippen LogP) is 5.93. The Morgan fingerprint density at radius 1 is 0.833 bits per heavy atom. The summed E-state index contributed by atoms with van der Waals surface area (Å²) in [5.74, 6) is 1.80. The van der Waals surface area contributed by atoms with Crippen molar-refractivity contribution in [2.24, 2.45) is 0 Å². The third-order valence-electron chi connectivity index (χ3n) is 4.00. The van der Waals surface area contributed by atoms with Crippen LogP contribution in [0.4, 0.5) is 0 Å². The second-order valence-electron chi connectivity index (χ2n) is 6.88. The summed E-state index contributed by atoms with van der Waals surface area (Å²) >= 11 is 0. The summed E-state index contributed by atoms with van der Waals surface area (Å²) in [4.78, 5) is 0. The molecule has 0 saturated heterocycles. The summed E-state index contributed by atoms with van der Waals surface area (Å²) < 4.78 is 18.3. The maximum Gasteiger partial charge on any atom is 0.463 e. The molecule has 0 saturated carbocycles. The summed E-state index contributed by atoms with van der Waals surface area (Å²) in [6.07, 6.45) is 0.847. The molecule has 2 aromatic rings. The van der Waals surface area contributed by atoms with Crippen molar-refractivity contribution in [3.05, 3.63) is 57.6 Å². The van der Waals surface area contributed by atoms with Crippen molar-refractivity contribution in [1.82, 2.24) is 0 Å². The molecule has 1 aliphatic heterocycles. The van der Waals surface area contributed by atoms with Gasteiger partial charge in [-0.1, -0.05) is 35.4 Å². The minimum absolute atomic E-state index is 0.0407. The van der Waals surface area contributed by atoms with Crippen LogP contribution in [0.2, 0.25) is 0 Å². The highest BCUT2D eigenvalue weighted by Gasteiger charge is 2.27. The number of aryl methyl sites for hydroxylation is 4. The Balaban J connectivity index is 2.15. The second kappa shape index (κ2) is 6.74. The molecule has 3 rings (SSSR count). The van der Waals surface area contributed by atoms with E-state index in [-0.39, 0.29) is 6.10 Å². The van der Waals surface area contributed by atoms with E-state index >= 15 is 0 Å². The van der Waals surface area contributed by atoms with Gasteiger partial charge in [0.25, 0.3) is 0 Å². The summed E-state index contributed by atoms with van der Waals surface area (Å²) in [5, 5.41) is 0. The standard InChI is InChI=1S/C20H25O3P/c1-12(2)21-24-22-19-15(5)7-13(3)9-17(19)11-18-10-14(4)8-16(6)20(18)23-24/h7-10,12H,11H2,1-6H3. The van der Waals surface area contributed by atoms with Gasteiger partial charge in [0.15, 0.2) is 0 Å². The number of fused-ring (bicyclic) bond motifs is 2. The van der Waals surface area contributed by atoms with Gasteiger partial charge < -0.3 is 9.05 Å². The van der Waals surface area contributed by atoms with E-state index in [1.54, 1.807) is 0 Å². The van der Waals surface area contributed by atoms with Crippen LogP contribution in [0, 0.1) is 27.7 Å². The molecule has 4 heteroatoms. The van der Waals surface area contributed by atoms with E-state index in [2.05, 4.69) is 52.0 Å². The van der Waals surface area contributed by atoms with Crippen LogP contribution >= 0.6 is 8.60 Å². The molecule has 2 aromatic carbocycles. The van der Waals surface area contributed by atoms with Crippen LogP contribution in [-0.4, -0.2) is 6.10 Å². The van der Waals surface area contributed by atoms with E-state index in [9.17, 15) is 0 Å². The molecular weight excluding hydrogens is 319 g/mol. The molecule has 24 heavy (non-hydrogen) atoms. The lowest BCUT2D eigenvalue weighted by molar-refractivity contribution is 0.208. The SMILES string of the molecule is Cc1cc(C)c2c(c1)Cc1cc(C)cc(C)c1OP(OC(C)C)O2. The van der Waals surface area contributed by atoms with Gasteiger partial charge in [0.2, 0.25) is 0 Å². The maximum atomic E-state index is 6.20. The van der Waals surface area contributed by atoms with E-state index in [4.69, 9.17) is 13.6 Å². The van der Waals surface area contributed by atoms with Crippen molar-refractivity contribution < 1.29 is 13.6 Å². The number of rotatable bonds is 2. The molecule has 0 spiro atoms. The van der Waals surface area contributed by atoms with Gasteiger partial charge in [-0.05, 0) is 63.8 Å². The third-order valence-corrected chi connectivity index (χ3v) is 5.26. The molecular formula is C20H25O3P. The Hall–Kier alpha value is -1.57. The fourth-order valence-electron chi connectivity index (χ4n) is 3.20. The largest absolute Gasteiger partial charge is 0.463 e. The van der Waals surface area contributed by atoms with E-state index in [1.807, 2.05) is 13.8 Å². The van der Waals surface area contributed by atoms with Crippen LogP contribution in [-0.2, 0) is 10.9 Å². The topological polar surface area (TPSA) is 27.7 Å². The van der Waals surface area contributed by atoms with Crippen molar-refractivity contribution >= 4 is 8.60 Å². The zero-order valence-corrected chi connectivity index (χ0v) is 16.2. The van der Waals surface area contributed by atoms with Crippen LogP contribution in [0.1, 0.15) is 47.2 Å². The molecule has 0 aromatic heterocycles. The van der Waals surface area contributed by atoms with Gasteiger partial charge in [-0.25, -0.2) is 0 Å². The Morgan fingerprint density at radius 2 is 1.29 bits per heavy atom. The number of hydrogen-bond donors (Lipinski definition) is 0. The van der Waals surface area contributed by atoms with Crippen LogP contribution in [0.25, 0.3) is 0 Å². The van der Waals surface area contributed by atoms with E-state index < -0.39 is 8.60 Å². The number of benzene rings is 2. The lowest BCUT2D eigenvalue weighted by atomic mass is 9.96. The van der Waals surface area contributed by atoms with Crippen molar-refractivity contribution in [1.29, 1.82) is 0 Å². The van der Waals surface area contributed by atoms with Gasteiger partial charge in [0.1, 0.15) is 11.5 Å². The van der Waals surface area contributed by atoms with Crippen molar-refractivity contribution in [2.75, 3.05) is 0 Å². The molecule has 0 N–H and O–H groups in total. The van der Waals surface area contributed by atoms with E-state index in [1.165, 1.54) is 22.3 Å². The fraction of sp³-hybridized carbons (Fsp3) is 0.400. The Labute approximate surface area is 146 Å². The fourth-order valence-corrected chi connectivity index (χ4v) is 4.48. The molecule has 0 radical (unpaired) electrons. The van der Waals surface area contributed by atoms with Crippen LogP contribution < -0.4 is 9.05 Å². The summed E-state index contributed by atoms with van der Waals surface area (Å²) in [5.41, 5.74) is 7.14. The monoisotopic (exact) mass is 344 g/mol. The quantitative estimate of drug-likeness (QED) is 0.632. The van der Waals surface area contributed by atoms with Gasteiger partial charge >= 0.3 is 8.60 Å². The van der Waals surface area contributed by atoms with Gasteiger partial charge in [0, 0.05) is 6.42 Å². The lowest BCUT2D eigenvalue weighted by Crippen LogP contribution is -2.11. The first-order valence-corrected chi connectivity index (χ1v) is 9.46. The van der Waals surface area contributed by atoms with Gasteiger partial charge in [0.05, 0.1) is 6.10 Å². The Kier molecular flexibility index (Phi) is 4.85. The maximum absolute atomic E-state index is 6.20. The first-order chi connectivity index (χ1) is 11.3. The zero-order chi connectivity index (χ0) is 17.4. The van der Waals surface area contributed by atoms with E-state index in [0.29, 0.717) is 0 Å². The minimum Gasteiger partial charge on any atom is -0.417 e. The molecule has 1 aliphatic rings. The Morgan fingerprint density at radius 3 is 1.71 bits per heavy atom. The Bertz CT molecular complexity index is 708.